The molecule has 19 heavy (non-hydrogen) atoms. The number of likely N-dealkylation sites (tertiary alicyclic amines) is 1. The summed E-state index contributed by atoms with van der Waals surface area (Å²) in [6.07, 6.45) is 4.79. The van der Waals surface area contributed by atoms with Crippen LogP contribution in [0.3, 0.4) is 0 Å². The van der Waals surface area contributed by atoms with Gasteiger partial charge in [-0.15, -0.1) is 0 Å². The third-order valence-corrected chi connectivity index (χ3v) is 3.37. The highest BCUT2D eigenvalue weighted by Gasteiger charge is 2.23. The van der Waals surface area contributed by atoms with Gasteiger partial charge in [0.05, 0.1) is 24.7 Å². The maximum absolute atomic E-state index is 5.86. The maximum Gasteiger partial charge on any atom is 0.232 e. The van der Waals surface area contributed by atoms with Crippen LogP contribution >= 0.6 is 0 Å². The molecule has 2 rings (SSSR count). The third kappa shape index (κ3) is 4.14. The van der Waals surface area contributed by atoms with Gasteiger partial charge in [-0.1, -0.05) is 13.8 Å². The fourth-order valence-corrected chi connectivity index (χ4v) is 2.17. The van der Waals surface area contributed by atoms with Gasteiger partial charge in [-0.25, -0.2) is 4.98 Å². The van der Waals surface area contributed by atoms with Crippen molar-refractivity contribution >= 4 is 0 Å². The third-order valence-electron chi connectivity index (χ3n) is 3.37. The van der Waals surface area contributed by atoms with E-state index in [2.05, 4.69) is 28.7 Å². The van der Waals surface area contributed by atoms with Gasteiger partial charge < -0.3 is 9.47 Å². The van der Waals surface area contributed by atoms with E-state index in [-0.39, 0.29) is 6.10 Å². The van der Waals surface area contributed by atoms with Gasteiger partial charge in [-0.3, -0.25) is 9.88 Å². The second-order valence-corrected chi connectivity index (χ2v) is 5.26. The number of aromatic nitrogens is 2. The molecule has 1 aromatic heterocycles. The van der Waals surface area contributed by atoms with E-state index in [1.165, 1.54) is 0 Å². The van der Waals surface area contributed by atoms with Crippen LogP contribution in [-0.2, 0) is 4.74 Å². The SMILES string of the molecule is COCCN1CCC(Oc2cnc(C(C)C)cn2)C1. The van der Waals surface area contributed by atoms with Gasteiger partial charge in [-0.05, 0) is 12.3 Å². The van der Waals surface area contributed by atoms with Crippen LogP contribution in [0.2, 0.25) is 0 Å². The largest absolute Gasteiger partial charge is 0.472 e. The van der Waals surface area contributed by atoms with Crippen molar-refractivity contribution in [3.8, 4) is 5.88 Å². The lowest BCUT2D eigenvalue weighted by Crippen LogP contribution is -2.28. The van der Waals surface area contributed by atoms with Crippen LogP contribution in [0.4, 0.5) is 0 Å². The Morgan fingerprint density at radius 3 is 2.84 bits per heavy atom. The second-order valence-electron chi connectivity index (χ2n) is 5.26. The Morgan fingerprint density at radius 1 is 1.37 bits per heavy atom. The summed E-state index contributed by atoms with van der Waals surface area (Å²) >= 11 is 0. The van der Waals surface area contributed by atoms with Crippen LogP contribution in [0.15, 0.2) is 12.4 Å². The molecule has 5 nitrogen and oxygen atoms in total. The Morgan fingerprint density at radius 2 is 2.21 bits per heavy atom. The van der Waals surface area contributed by atoms with Crippen molar-refractivity contribution in [3.63, 3.8) is 0 Å². The van der Waals surface area contributed by atoms with Crippen LogP contribution in [0.1, 0.15) is 31.9 Å². The molecule has 1 fully saturated rings. The van der Waals surface area contributed by atoms with Gasteiger partial charge >= 0.3 is 0 Å². The molecule has 0 aliphatic carbocycles. The van der Waals surface area contributed by atoms with Gasteiger partial charge in [-0.2, -0.15) is 0 Å². The van der Waals surface area contributed by atoms with E-state index in [9.17, 15) is 0 Å². The molecule has 1 atom stereocenters. The normalized spacial score (nSPS) is 20.1. The molecule has 1 saturated heterocycles. The Balaban J connectivity index is 1.82. The lowest BCUT2D eigenvalue weighted by molar-refractivity contribution is 0.147. The van der Waals surface area contributed by atoms with Gasteiger partial charge in [0.2, 0.25) is 5.88 Å². The first-order chi connectivity index (χ1) is 9.19. The van der Waals surface area contributed by atoms with Crippen LogP contribution < -0.4 is 4.74 Å². The van der Waals surface area contributed by atoms with Gasteiger partial charge in [0, 0.05) is 26.7 Å². The molecule has 1 aliphatic rings. The summed E-state index contributed by atoms with van der Waals surface area (Å²) < 4.78 is 11.0. The van der Waals surface area contributed by atoms with E-state index in [4.69, 9.17) is 9.47 Å². The van der Waals surface area contributed by atoms with Crippen molar-refractivity contribution in [3.05, 3.63) is 18.1 Å². The summed E-state index contributed by atoms with van der Waals surface area (Å²) in [4.78, 5) is 11.0. The average Bonchev–Trinajstić information content (AvgIpc) is 2.84. The summed E-state index contributed by atoms with van der Waals surface area (Å²) in [5.41, 5.74) is 1.00. The summed E-state index contributed by atoms with van der Waals surface area (Å²) in [5.74, 6) is 1.03. The van der Waals surface area contributed by atoms with Crippen molar-refractivity contribution in [1.82, 2.24) is 14.9 Å². The Labute approximate surface area is 115 Å². The van der Waals surface area contributed by atoms with Gasteiger partial charge in [0.1, 0.15) is 6.10 Å². The minimum absolute atomic E-state index is 0.219. The summed E-state index contributed by atoms with van der Waals surface area (Å²) in [6, 6.07) is 0. The number of nitrogens with zero attached hydrogens (tertiary/aromatic N) is 3. The zero-order valence-electron chi connectivity index (χ0n) is 12.0. The Kier molecular flexibility index (Phi) is 5.10. The highest BCUT2D eigenvalue weighted by atomic mass is 16.5. The van der Waals surface area contributed by atoms with Crippen LogP contribution in [0, 0.1) is 0 Å². The number of rotatable bonds is 6. The predicted octanol–water partition coefficient (Wildman–Crippen LogP) is 1.70. The molecule has 5 heteroatoms. The monoisotopic (exact) mass is 265 g/mol. The van der Waals surface area contributed by atoms with E-state index in [1.807, 2.05) is 0 Å². The molecule has 0 bridgehead atoms. The first-order valence-electron chi connectivity index (χ1n) is 6.89. The molecule has 0 aromatic carbocycles. The lowest BCUT2D eigenvalue weighted by atomic mass is 10.1. The number of methoxy groups -OCH3 is 1. The number of hydrogen-bond acceptors (Lipinski definition) is 5. The van der Waals surface area contributed by atoms with E-state index in [1.54, 1.807) is 19.5 Å². The molecule has 0 radical (unpaired) electrons. The van der Waals surface area contributed by atoms with E-state index in [0.29, 0.717) is 11.8 Å². The van der Waals surface area contributed by atoms with Crippen LogP contribution in [0.5, 0.6) is 5.88 Å². The topological polar surface area (TPSA) is 47.5 Å². The zero-order chi connectivity index (χ0) is 13.7. The second kappa shape index (κ2) is 6.82. The Bertz CT molecular complexity index is 381. The standard InChI is InChI=1S/C14H23N3O2/c1-11(2)13-8-16-14(9-15-13)19-12-4-5-17(10-12)6-7-18-3/h8-9,11-12H,4-7,10H2,1-3H3. The van der Waals surface area contributed by atoms with Gasteiger partial charge in [0.25, 0.3) is 0 Å². The molecule has 1 aromatic rings. The van der Waals surface area contributed by atoms with Crippen LogP contribution in [0.25, 0.3) is 0 Å². The van der Waals surface area contributed by atoms with E-state index in [0.717, 1.165) is 38.4 Å². The molecular formula is C14H23N3O2. The molecule has 2 heterocycles. The molecule has 106 valence electrons. The molecule has 0 saturated carbocycles. The quantitative estimate of drug-likeness (QED) is 0.783. The highest BCUT2D eigenvalue weighted by Crippen LogP contribution is 2.17. The van der Waals surface area contributed by atoms with Gasteiger partial charge in [0.15, 0.2) is 0 Å². The number of ether oxygens (including phenoxy) is 2. The summed E-state index contributed by atoms with van der Waals surface area (Å²) in [7, 11) is 1.73. The smallest absolute Gasteiger partial charge is 0.232 e. The molecule has 1 aliphatic heterocycles. The zero-order valence-corrected chi connectivity index (χ0v) is 12.0. The lowest BCUT2D eigenvalue weighted by Gasteiger charge is -2.16. The van der Waals surface area contributed by atoms with Crippen molar-refractivity contribution in [2.75, 3.05) is 33.4 Å². The van der Waals surface area contributed by atoms with Crippen LogP contribution in [-0.4, -0.2) is 54.3 Å². The minimum Gasteiger partial charge on any atom is -0.472 e. The highest BCUT2D eigenvalue weighted by molar-refractivity contribution is 5.10. The Hall–Kier alpha value is -1.20. The van der Waals surface area contributed by atoms with E-state index >= 15 is 0 Å². The van der Waals surface area contributed by atoms with Crippen molar-refractivity contribution in [1.29, 1.82) is 0 Å². The average molecular weight is 265 g/mol. The number of hydrogen-bond donors (Lipinski definition) is 0. The molecule has 0 amide bonds. The van der Waals surface area contributed by atoms with E-state index < -0.39 is 0 Å². The van der Waals surface area contributed by atoms with Crippen molar-refractivity contribution < 1.29 is 9.47 Å². The first kappa shape index (κ1) is 14.2. The van der Waals surface area contributed by atoms with Crippen molar-refractivity contribution in [2.24, 2.45) is 0 Å². The van der Waals surface area contributed by atoms with Crippen molar-refractivity contribution in [2.45, 2.75) is 32.3 Å². The predicted molar refractivity (Wildman–Crippen MR) is 73.5 cm³/mol. The molecular weight excluding hydrogens is 242 g/mol. The summed E-state index contributed by atoms with van der Waals surface area (Å²) in [5, 5.41) is 0. The molecule has 0 spiro atoms. The fraction of sp³-hybridized carbons (Fsp3) is 0.714. The summed E-state index contributed by atoms with van der Waals surface area (Å²) in [6.45, 7) is 7.96. The maximum atomic E-state index is 5.86. The molecule has 1 unspecified atom stereocenters. The minimum atomic E-state index is 0.219. The first-order valence-corrected chi connectivity index (χ1v) is 6.89. The fourth-order valence-electron chi connectivity index (χ4n) is 2.17. The molecule has 0 N–H and O–H groups in total.